The third-order valence-corrected chi connectivity index (χ3v) is 4.64. The number of hydrogen-bond acceptors (Lipinski definition) is 4. The van der Waals surface area contributed by atoms with E-state index in [9.17, 15) is 4.79 Å². The van der Waals surface area contributed by atoms with E-state index in [4.69, 9.17) is 11.6 Å². The van der Waals surface area contributed by atoms with Crippen LogP contribution in [-0.2, 0) is 0 Å². The van der Waals surface area contributed by atoms with Crippen LogP contribution in [0.4, 0.5) is 5.82 Å². The predicted molar refractivity (Wildman–Crippen MR) is 109 cm³/mol. The maximum atomic E-state index is 12.8. The summed E-state index contributed by atoms with van der Waals surface area (Å²) < 4.78 is 1.57. The van der Waals surface area contributed by atoms with Crippen molar-refractivity contribution in [2.75, 3.05) is 5.32 Å². The van der Waals surface area contributed by atoms with E-state index in [2.05, 4.69) is 15.3 Å². The molecule has 2 heterocycles. The van der Waals surface area contributed by atoms with Crippen molar-refractivity contribution in [3.63, 3.8) is 0 Å². The van der Waals surface area contributed by atoms with E-state index in [1.165, 1.54) is 0 Å². The molecule has 0 saturated heterocycles. The van der Waals surface area contributed by atoms with Crippen molar-refractivity contribution in [1.82, 2.24) is 14.5 Å². The van der Waals surface area contributed by atoms with E-state index < -0.39 is 0 Å². The minimum atomic E-state index is -0.364. The number of para-hydroxylation sites is 1. The Labute approximate surface area is 161 Å². The van der Waals surface area contributed by atoms with Gasteiger partial charge in [-0.2, -0.15) is 4.98 Å². The van der Waals surface area contributed by atoms with Gasteiger partial charge < -0.3 is 5.32 Å². The number of halogens is 1. The zero-order valence-corrected chi connectivity index (χ0v) is 15.4. The Kier molecular flexibility index (Phi) is 4.60. The lowest BCUT2D eigenvalue weighted by Gasteiger charge is -2.18. The van der Waals surface area contributed by atoms with E-state index in [1.54, 1.807) is 29.1 Å². The Balaban J connectivity index is 1.88. The number of aromatic nitrogens is 3. The van der Waals surface area contributed by atoms with Crippen molar-refractivity contribution in [2.24, 2.45) is 0 Å². The predicted octanol–water partition coefficient (Wildman–Crippen LogP) is 4.61. The van der Waals surface area contributed by atoms with Crippen LogP contribution in [0.3, 0.4) is 0 Å². The van der Waals surface area contributed by atoms with E-state index >= 15 is 0 Å². The van der Waals surface area contributed by atoms with Gasteiger partial charge >= 0.3 is 5.69 Å². The number of fused-ring (bicyclic) bond motifs is 1. The topological polar surface area (TPSA) is 59.8 Å². The first-order valence-electron chi connectivity index (χ1n) is 8.57. The van der Waals surface area contributed by atoms with Gasteiger partial charge in [0.1, 0.15) is 5.82 Å². The largest absolute Gasteiger partial charge is 0.363 e. The second kappa shape index (κ2) is 7.21. The van der Waals surface area contributed by atoms with Gasteiger partial charge in [0.2, 0.25) is 0 Å². The van der Waals surface area contributed by atoms with Crippen molar-refractivity contribution >= 4 is 28.3 Å². The standard InChI is InChI=1S/C21H17ClN4O/c1-14(15-6-5-11-23-13-15)24-20-18-10-9-16(22)12-19(18)26(21(27)25-20)17-7-3-2-4-8-17/h2-14H,1H3,(H,24,25,27). The molecule has 134 valence electrons. The molecule has 0 fully saturated rings. The molecule has 1 unspecified atom stereocenters. The first-order chi connectivity index (χ1) is 13.1. The summed E-state index contributed by atoms with van der Waals surface area (Å²) in [7, 11) is 0. The number of benzene rings is 2. The Morgan fingerprint density at radius 2 is 1.89 bits per heavy atom. The molecule has 6 heteroatoms. The molecule has 0 spiro atoms. The summed E-state index contributed by atoms with van der Waals surface area (Å²) in [6.45, 7) is 2.00. The van der Waals surface area contributed by atoms with Gasteiger partial charge in [0.15, 0.2) is 0 Å². The van der Waals surface area contributed by atoms with Crippen LogP contribution in [0.5, 0.6) is 0 Å². The normalized spacial score (nSPS) is 12.1. The quantitative estimate of drug-likeness (QED) is 0.565. The summed E-state index contributed by atoms with van der Waals surface area (Å²) in [4.78, 5) is 21.3. The molecule has 0 radical (unpaired) electrons. The number of pyridine rings is 1. The van der Waals surface area contributed by atoms with Crippen LogP contribution in [0.15, 0.2) is 77.9 Å². The third-order valence-electron chi connectivity index (χ3n) is 4.41. The minimum absolute atomic E-state index is 0.0583. The average molecular weight is 377 g/mol. The number of rotatable bonds is 4. The summed E-state index contributed by atoms with van der Waals surface area (Å²) in [6.07, 6.45) is 3.52. The van der Waals surface area contributed by atoms with E-state index in [0.29, 0.717) is 16.4 Å². The van der Waals surface area contributed by atoms with Crippen LogP contribution < -0.4 is 11.0 Å². The van der Waals surface area contributed by atoms with Crippen LogP contribution >= 0.6 is 11.6 Å². The molecular weight excluding hydrogens is 360 g/mol. The number of nitrogens with one attached hydrogen (secondary N) is 1. The molecule has 4 aromatic rings. The highest BCUT2D eigenvalue weighted by Gasteiger charge is 2.15. The fraction of sp³-hybridized carbons (Fsp3) is 0.0952. The van der Waals surface area contributed by atoms with Gasteiger partial charge in [-0.15, -0.1) is 0 Å². The lowest BCUT2D eigenvalue weighted by Crippen LogP contribution is -2.24. The van der Waals surface area contributed by atoms with Gasteiger partial charge in [0, 0.05) is 22.8 Å². The smallest absolute Gasteiger partial charge is 0.354 e. The van der Waals surface area contributed by atoms with Crippen molar-refractivity contribution in [3.05, 3.63) is 94.1 Å². The van der Waals surface area contributed by atoms with Crippen LogP contribution in [-0.4, -0.2) is 14.5 Å². The van der Waals surface area contributed by atoms with E-state index in [0.717, 1.165) is 16.6 Å². The fourth-order valence-electron chi connectivity index (χ4n) is 3.06. The highest BCUT2D eigenvalue weighted by Crippen LogP contribution is 2.27. The first kappa shape index (κ1) is 17.2. The second-order valence-electron chi connectivity index (χ2n) is 6.23. The molecule has 4 rings (SSSR count). The summed E-state index contributed by atoms with van der Waals surface area (Å²) in [5, 5.41) is 4.71. The summed E-state index contributed by atoms with van der Waals surface area (Å²) in [6, 6.07) is 18.7. The van der Waals surface area contributed by atoms with Crippen LogP contribution in [0.1, 0.15) is 18.5 Å². The zero-order valence-electron chi connectivity index (χ0n) is 14.6. The summed E-state index contributed by atoms with van der Waals surface area (Å²) in [5.74, 6) is 0.523. The average Bonchev–Trinajstić information content (AvgIpc) is 2.69. The van der Waals surface area contributed by atoms with E-state index in [-0.39, 0.29) is 11.7 Å². The third kappa shape index (κ3) is 3.41. The monoisotopic (exact) mass is 376 g/mol. The lowest BCUT2D eigenvalue weighted by molar-refractivity contribution is 0.857. The Morgan fingerprint density at radius 1 is 1.07 bits per heavy atom. The molecule has 2 aromatic carbocycles. The van der Waals surface area contributed by atoms with Gasteiger partial charge in [-0.1, -0.05) is 35.9 Å². The fourth-order valence-corrected chi connectivity index (χ4v) is 3.22. The number of hydrogen-bond donors (Lipinski definition) is 1. The molecule has 1 N–H and O–H groups in total. The molecule has 0 aliphatic heterocycles. The SMILES string of the molecule is CC(Nc1nc(=O)n(-c2ccccc2)c2cc(Cl)ccc12)c1cccnc1. The second-order valence-corrected chi connectivity index (χ2v) is 6.66. The lowest BCUT2D eigenvalue weighted by atomic mass is 10.1. The number of nitrogens with zero attached hydrogens (tertiary/aromatic N) is 3. The van der Waals surface area contributed by atoms with Crippen LogP contribution in [0.2, 0.25) is 5.02 Å². The Hall–Kier alpha value is -3.18. The maximum absolute atomic E-state index is 12.8. The van der Waals surface area contributed by atoms with E-state index in [1.807, 2.05) is 55.5 Å². The highest BCUT2D eigenvalue weighted by atomic mass is 35.5. The summed E-state index contributed by atoms with van der Waals surface area (Å²) in [5.41, 5.74) is 2.09. The number of anilines is 1. The molecule has 5 nitrogen and oxygen atoms in total. The molecular formula is C21H17ClN4O. The van der Waals surface area contributed by atoms with Gasteiger partial charge in [-0.3, -0.25) is 9.55 Å². The van der Waals surface area contributed by atoms with Crippen LogP contribution in [0, 0.1) is 0 Å². The summed E-state index contributed by atoms with van der Waals surface area (Å²) >= 11 is 6.22. The molecule has 0 amide bonds. The molecule has 0 aliphatic carbocycles. The van der Waals surface area contributed by atoms with Gasteiger partial charge in [-0.05, 0) is 48.9 Å². The van der Waals surface area contributed by atoms with Crippen molar-refractivity contribution in [1.29, 1.82) is 0 Å². The van der Waals surface area contributed by atoms with Crippen molar-refractivity contribution in [3.8, 4) is 5.69 Å². The highest BCUT2D eigenvalue weighted by molar-refractivity contribution is 6.31. The zero-order chi connectivity index (χ0) is 18.8. The van der Waals surface area contributed by atoms with Crippen LogP contribution in [0.25, 0.3) is 16.6 Å². The Bertz CT molecular complexity index is 1140. The Morgan fingerprint density at radius 3 is 2.63 bits per heavy atom. The van der Waals surface area contributed by atoms with Crippen molar-refractivity contribution in [2.45, 2.75) is 13.0 Å². The van der Waals surface area contributed by atoms with Gasteiger partial charge in [0.05, 0.1) is 17.2 Å². The van der Waals surface area contributed by atoms with Crippen molar-refractivity contribution < 1.29 is 0 Å². The first-order valence-corrected chi connectivity index (χ1v) is 8.95. The maximum Gasteiger partial charge on any atom is 0.354 e. The molecule has 1 atom stereocenters. The minimum Gasteiger partial charge on any atom is -0.363 e. The molecule has 2 aromatic heterocycles. The molecule has 0 bridgehead atoms. The van der Waals surface area contributed by atoms with Gasteiger partial charge in [-0.25, -0.2) is 4.79 Å². The molecule has 27 heavy (non-hydrogen) atoms. The molecule has 0 saturated carbocycles. The van der Waals surface area contributed by atoms with Gasteiger partial charge in [0.25, 0.3) is 0 Å². The molecule has 0 aliphatic rings.